The maximum Gasteiger partial charge on any atom is 0.275 e. The Bertz CT molecular complexity index is 946. The van der Waals surface area contributed by atoms with Crippen molar-refractivity contribution in [1.82, 2.24) is 10.3 Å². The van der Waals surface area contributed by atoms with Crippen LogP contribution in [0.3, 0.4) is 0 Å². The van der Waals surface area contributed by atoms with Gasteiger partial charge >= 0.3 is 0 Å². The van der Waals surface area contributed by atoms with E-state index in [-0.39, 0.29) is 17.5 Å². The molecule has 3 fully saturated rings. The molecule has 5 heteroatoms. The molecule has 3 saturated heterocycles. The molecule has 5 rings (SSSR count). The van der Waals surface area contributed by atoms with Crippen molar-refractivity contribution in [2.75, 3.05) is 19.6 Å². The van der Waals surface area contributed by atoms with Gasteiger partial charge < -0.3 is 14.9 Å². The summed E-state index contributed by atoms with van der Waals surface area (Å²) >= 11 is 0. The Morgan fingerprint density at radius 2 is 2.13 bits per heavy atom. The molecule has 4 heterocycles. The van der Waals surface area contributed by atoms with Gasteiger partial charge in [-0.3, -0.25) is 9.78 Å². The minimum atomic E-state index is -0.631. The van der Waals surface area contributed by atoms with E-state index in [1.54, 1.807) is 6.20 Å². The second-order valence-corrected chi connectivity index (χ2v) is 10.2. The van der Waals surface area contributed by atoms with Crippen molar-refractivity contribution in [2.45, 2.75) is 51.3 Å². The minimum Gasteiger partial charge on any atom is -0.382 e. The Morgan fingerprint density at radius 3 is 2.87 bits per heavy atom. The zero-order chi connectivity index (χ0) is 21.5. The predicted octanol–water partition coefficient (Wildman–Crippen LogP) is 3.59. The molecule has 0 aliphatic carbocycles. The molecular formula is C25H34N3O2+. The molecule has 2 N–H and O–H groups in total. The van der Waals surface area contributed by atoms with E-state index in [9.17, 15) is 9.90 Å². The number of fused-ring (bicyclic) bond motifs is 4. The molecule has 2 aromatic rings. The standard InChI is InChI=1S/C25H33N3O2/c1-5-17-15-28(16-23(29)27-25(2,3)4)13-11-18(17)14-22(28)24(30)20-10-12-26-21-9-7-6-8-19(20)21/h5-10,12,17-18,22,24,30H,1,11,13-16H2,2-4H3/p+1/t17?,18?,22?,24?,28-/m0/s1. The Hall–Kier alpha value is -2.24. The van der Waals surface area contributed by atoms with E-state index in [1.807, 2.05) is 51.1 Å². The number of aliphatic hydroxyl groups excluding tert-OH is 1. The van der Waals surface area contributed by atoms with Crippen LogP contribution >= 0.6 is 0 Å². The fraction of sp³-hybridized carbons (Fsp3) is 0.520. The second kappa shape index (κ2) is 7.78. The number of benzene rings is 1. The van der Waals surface area contributed by atoms with Gasteiger partial charge in [0.2, 0.25) is 0 Å². The summed E-state index contributed by atoms with van der Waals surface area (Å²) in [4.78, 5) is 17.4. The highest BCUT2D eigenvalue weighted by Gasteiger charge is 2.54. The summed E-state index contributed by atoms with van der Waals surface area (Å²) in [6, 6.07) is 9.90. The Morgan fingerprint density at radius 1 is 1.37 bits per heavy atom. The molecule has 0 radical (unpaired) electrons. The number of hydrogen-bond acceptors (Lipinski definition) is 3. The number of pyridine rings is 1. The number of nitrogens with one attached hydrogen (secondary N) is 1. The maximum absolute atomic E-state index is 13.0. The highest BCUT2D eigenvalue weighted by Crippen LogP contribution is 2.46. The van der Waals surface area contributed by atoms with Gasteiger partial charge in [0.15, 0.2) is 6.54 Å². The first-order valence-electron chi connectivity index (χ1n) is 11.0. The third-order valence-corrected chi connectivity index (χ3v) is 7.01. The largest absolute Gasteiger partial charge is 0.382 e. The first-order chi connectivity index (χ1) is 14.2. The van der Waals surface area contributed by atoms with Gasteiger partial charge in [-0.15, -0.1) is 6.58 Å². The van der Waals surface area contributed by atoms with Crippen LogP contribution < -0.4 is 5.32 Å². The summed E-state index contributed by atoms with van der Waals surface area (Å²) in [5, 5.41) is 15.8. The lowest BCUT2D eigenvalue weighted by Gasteiger charge is -2.57. The van der Waals surface area contributed by atoms with Gasteiger partial charge in [0.1, 0.15) is 12.1 Å². The number of nitrogens with zero attached hydrogens (tertiary/aromatic N) is 2. The smallest absolute Gasteiger partial charge is 0.275 e. The average molecular weight is 409 g/mol. The molecule has 160 valence electrons. The lowest BCUT2D eigenvalue weighted by Crippen LogP contribution is -2.70. The van der Waals surface area contributed by atoms with Crippen molar-refractivity contribution >= 4 is 16.8 Å². The van der Waals surface area contributed by atoms with Gasteiger partial charge in [-0.25, -0.2) is 0 Å². The first kappa shape index (κ1) is 21.0. The fourth-order valence-electron chi connectivity index (χ4n) is 5.71. The Kier molecular flexibility index (Phi) is 5.45. The van der Waals surface area contributed by atoms with Gasteiger partial charge in [0.05, 0.1) is 18.6 Å². The van der Waals surface area contributed by atoms with E-state index in [0.717, 1.165) is 42.4 Å². The highest BCUT2D eigenvalue weighted by atomic mass is 16.3. The summed E-state index contributed by atoms with van der Waals surface area (Å²) in [6.45, 7) is 12.3. The second-order valence-electron chi connectivity index (χ2n) is 10.2. The fourth-order valence-corrected chi connectivity index (χ4v) is 5.71. The molecule has 3 aliphatic rings. The van der Waals surface area contributed by atoms with E-state index >= 15 is 0 Å². The summed E-state index contributed by atoms with van der Waals surface area (Å²) in [7, 11) is 0. The summed E-state index contributed by atoms with van der Waals surface area (Å²) in [6.07, 6.45) is 5.20. The van der Waals surface area contributed by atoms with Crippen molar-refractivity contribution < 1.29 is 14.4 Å². The van der Waals surface area contributed by atoms with E-state index in [2.05, 4.69) is 23.0 Å². The molecule has 0 spiro atoms. The van der Waals surface area contributed by atoms with Crippen LogP contribution in [0.4, 0.5) is 0 Å². The summed E-state index contributed by atoms with van der Waals surface area (Å²) in [5.74, 6) is 0.988. The molecule has 5 atom stereocenters. The number of para-hydroxylation sites is 1. The van der Waals surface area contributed by atoms with E-state index in [1.165, 1.54) is 0 Å². The van der Waals surface area contributed by atoms with Crippen molar-refractivity contribution in [3.63, 3.8) is 0 Å². The van der Waals surface area contributed by atoms with Gasteiger partial charge in [0.25, 0.3) is 5.91 Å². The average Bonchev–Trinajstić information content (AvgIpc) is 2.71. The third-order valence-electron chi connectivity index (χ3n) is 7.01. The number of carbonyl (C=O) groups is 1. The maximum atomic E-state index is 13.0. The lowest BCUT2D eigenvalue weighted by atomic mass is 9.71. The molecule has 1 aromatic carbocycles. The Balaban J connectivity index is 1.69. The Labute approximate surface area is 179 Å². The SMILES string of the molecule is C=CC1C[N@+]2(CC(=O)NC(C)(C)C)CCC1CC2C(O)c1ccnc2ccccc12. The molecule has 4 unspecified atom stereocenters. The topological polar surface area (TPSA) is 62.2 Å². The van der Waals surface area contributed by atoms with Crippen LogP contribution in [0.2, 0.25) is 0 Å². The van der Waals surface area contributed by atoms with Gasteiger partial charge in [-0.1, -0.05) is 24.3 Å². The van der Waals surface area contributed by atoms with Crippen LogP contribution in [0.5, 0.6) is 0 Å². The van der Waals surface area contributed by atoms with Crippen molar-refractivity contribution in [3.05, 3.63) is 54.7 Å². The van der Waals surface area contributed by atoms with Crippen molar-refractivity contribution in [1.29, 1.82) is 0 Å². The van der Waals surface area contributed by atoms with Crippen LogP contribution in [0.1, 0.15) is 45.3 Å². The van der Waals surface area contributed by atoms with Crippen LogP contribution in [0.15, 0.2) is 49.2 Å². The number of rotatable bonds is 5. The number of piperidine rings is 3. The monoisotopic (exact) mass is 408 g/mol. The summed E-state index contributed by atoms with van der Waals surface area (Å²) < 4.78 is 0.632. The van der Waals surface area contributed by atoms with Gasteiger partial charge in [-0.2, -0.15) is 0 Å². The van der Waals surface area contributed by atoms with Crippen LogP contribution in [-0.2, 0) is 4.79 Å². The predicted molar refractivity (Wildman–Crippen MR) is 120 cm³/mol. The number of aliphatic hydroxyl groups is 1. The molecule has 30 heavy (non-hydrogen) atoms. The highest BCUT2D eigenvalue weighted by molar-refractivity contribution is 5.82. The molecule has 1 aromatic heterocycles. The minimum absolute atomic E-state index is 0.00326. The van der Waals surface area contributed by atoms with Gasteiger partial charge in [-0.05, 0) is 44.4 Å². The number of hydrogen-bond donors (Lipinski definition) is 2. The first-order valence-corrected chi connectivity index (χ1v) is 11.0. The third kappa shape index (κ3) is 3.88. The van der Waals surface area contributed by atoms with Crippen LogP contribution in [-0.4, -0.2) is 51.7 Å². The van der Waals surface area contributed by atoms with Crippen molar-refractivity contribution in [3.8, 4) is 0 Å². The number of quaternary nitrogens is 1. The zero-order valence-electron chi connectivity index (χ0n) is 18.3. The molecule has 1 amide bonds. The lowest BCUT2D eigenvalue weighted by molar-refractivity contribution is -0.966. The number of aromatic nitrogens is 1. The zero-order valence-corrected chi connectivity index (χ0v) is 18.3. The van der Waals surface area contributed by atoms with E-state index in [0.29, 0.717) is 22.9 Å². The van der Waals surface area contributed by atoms with Crippen LogP contribution in [0, 0.1) is 11.8 Å². The van der Waals surface area contributed by atoms with Crippen molar-refractivity contribution in [2.24, 2.45) is 11.8 Å². The molecule has 5 nitrogen and oxygen atoms in total. The molecule has 3 aliphatic heterocycles. The van der Waals surface area contributed by atoms with Crippen LogP contribution in [0.25, 0.3) is 10.9 Å². The van der Waals surface area contributed by atoms with E-state index < -0.39 is 6.10 Å². The quantitative estimate of drug-likeness (QED) is 0.587. The van der Waals surface area contributed by atoms with Gasteiger partial charge in [0, 0.05) is 35.9 Å². The molecule has 0 saturated carbocycles. The normalized spacial score (nSPS) is 29.5. The molecular weight excluding hydrogens is 374 g/mol. The number of carbonyl (C=O) groups excluding carboxylic acids is 1. The number of amides is 1. The summed E-state index contributed by atoms with van der Waals surface area (Å²) in [5.41, 5.74) is 1.55. The van der Waals surface area contributed by atoms with E-state index in [4.69, 9.17) is 0 Å². The molecule has 2 bridgehead atoms.